The summed E-state index contributed by atoms with van der Waals surface area (Å²) in [7, 11) is 0. The van der Waals surface area contributed by atoms with E-state index in [0.29, 0.717) is 6.54 Å². The zero-order valence-corrected chi connectivity index (χ0v) is 12.0. The SMILES string of the molecule is CC(C)(C)C1=CCN(c2ccc(F)cc2CN)CC1. The first kappa shape index (κ1) is 14.1. The topological polar surface area (TPSA) is 29.3 Å². The Bertz CT molecular complexity index is 486. The van der Waals surface area contributed by atoms with Crippen LogP contribution in [0.15, 0.2) is 29.8 Å². The summed E-state index contributed by atoms with van der Waals surface area (Å²) in [6.45, 7) is 8.97. The third-order valence-electron chi connectivity index (χ3n) is 3.77. The monoisotopic (exact) mass is 262 g/mol. The van der Waals surface area contributed by atoms with Gasteiger partial charge in [-0.3, -0.25) is 0 Å². The molecule has 0 unspecified atom stereocenters. The van der Waals surface area contributed by atoms with E-state index >= 15 is 0 Å². The van der Waals surface area contributed by atoms with Gasteiger partial charge in [0.15, 0.2) is 0 Å². The second-order valence-corrected chi connectivity index (χ2v) is 6.15. The largest absolute Gasteiger partial charge is 0.367 e. The Balaban J connectivity index is 2.20. The number of nitrogens with zero attached hydrogens (tertiary/aromatic N) is 1. The lowest BCUT2D eigenvalue weighted by Crippen LogP contribution is -2.32. The van der Waals surface area contributed by atoms with Crippen molar-refractivity contribution in [1.82, 2.24) is 0 Å². The fourth-order valence-electron chi connectivity index (χ4n) is 2.60. The van der Waals surface area contributed by atoms with E-state index in [2.05, 4.69) is 31.7 Å². The summed E-state index contributed by atoms with van der Waals surface area (Å²) in [5.41, 5.74) is 9.40. The molecule has 1 aliphatic heterocycles. The molecule has 0 bridgehead atoms. The molecule has 1 aromatic rings. The summed E-state index contributed by atoms with van der Waals surface area (Å²) in [5.74, 6) is -0.216. The number of benzene rings is 1. The maximum Gasteiger partial charge on any atom is 0.123 e. The molecule has 104 valence electrons. The van der Waals surface area contributed by atoms with Crippen molar-refractivity contribution in [2.24, 2.45) is 11.1 Å². The van der Waals surface area contributed by atoms with Gasteiger partial charge in [0.1, 0.15) is 5.82 Å². The fraction of sp³-hybridized carbons (Fsp3) is 0.500. The molecule has 3 heteroatoms. The average molecular weight is 262 g/mol. The van der Waals surface area contributed by atoms with Gasteiger partial charge in [0.25, 0.3) is 0 Å². The van der Waals surface area contributed by atoms with Crippen LogP contribution in [0.4, 0.5) is 10.1 Å². The van der Waals surface area contributed by atoms with Crippen molar-refractivity contribution in [3.05, 3.63) is 41.2 Å². The molecule has 0 radical (unpaired) electrons. The lowest BCUT2D eigenvalue weighted by molar-refractivity contribution is 0.472. The van der Waals surface area contributed by atoms with Crippen LogP contribution < -0.4 is 10.6 Å². The Morgan fingerprint density at radius 1 is 1.32 bits per heavy atom. The van der Waals surface area contributed by atoms with Crippen molar-refractivity contribution < 1.29 is 4.39 Å². The number of hydrogen-bond donors (Lipinski definition) is 1. The number of nitrogens with two attached hydrogens (primary N) is 1. The minimum atomic E-state index is -0.216. The van der Waals surface area contributed by atoms with Gasteiger partial charge in [0.05, 0.1) is 0 Å². The highest BCUT2D eigenvalue weighted by molar-refractivity contribution is 5.55. The molecule has 1 aromatic carbocycles. The molecule has 0 fully saturated rings. The predicted octanol–water partition coefficient (Wildman–Crippen LogP) is 3.47. The normalized spacial score (nSPS) is 16.5. The van der Waals surface area contributed by atoms with Gasteiger partial charge in [0.2, 0.25) is 0 Å². The quantitative estimate of drug-likeness (QED) is 0.827. The van der Waals surface area contributed by atoms with Gasteiger partial charge in [-0.2, -0.15) is 0 Å². The van der Waals surface area contributed by atoms with Crippen molar-refractivity contribution in [1.29, 1.82) is 0 Å². The average Bonchev–Trinajstić information content (AvgIpc) is 2.37. The summed E-state index contributed by atoms with van der Waals surface area (Å²) >= 11 is 0. The smallest absolute Gasteiger partial charge is 0.123 e. The molecule has 0 spiro atoms. The summed E-state index contributed by atoms with van der Waals surface area (Å²) in [6, 6.07) is 4.89. The first-order valence-electron chi connectivity index (χ1n) is 6.85. The number of hydrogen-bond acceptors (Lipinski definition) is 2. The summed E-state index contributed by atoms with van der Waals surface area (Å²) in [5, 5.41) is 0. The number of anilines is 1. The maximum atomic E-state index is 13.2. The Hall–Kier alpha value is -1.35. The highest BCUT2D eigenvalue weighted by Crippen LogP contribution is 2.32. The highest BCUT2D eigenvalue weighted by Gasteiger charge is 2.22. The van der Waals surface area contributed by atoms with E-state index in [1.165, 1.54) is 11.6 Å². The molecule has 0 atom stereocenters. The van der Waals surface area contributed by atoms with E-state index in [-0.39, 0.29) is 11.2 Å². The van der Waals surface area contributed by atoms with E-state index in [0.717, 1.165) is 30.8 Å². The zero-order chi connectivity index (χ0) is 14.0. The predicted molar refractivity (Wildman–Crippen MR) is 78.7 cm³/mol. The number of rotatable bonds is 2. The van der Waals surface area contributed by atoms with Crippen molar-refractivity contribution in [2.45, 2.75) is 33.7 Å². The third kappa shape index (κ3) is 3.16. The summed E-state index contributed by atoms with van der Waals surface area (Å²) < 4.78 is 13.2. The summed E-state index contributed by atoms with van der Waals surface area (Å²) in [6.07, 6.45) is 3.36. The number of halogens is 1. The molecular formula is C16H23FN2. The van der Waals surface area contributed by atoms with Gasteiger partial charge in [0, 0.05) is 25.3 Å². The van der Waals surface area contributed by atoms with Crippen LogP contribution in [0, 0.1) is 11.2 Å². The van der Waals surface area contributed by atoms with Gasteiger partial charge >= 0.3 is 0 Å². The minimum Gasteiger partial charge on any atom is -0.367 e. The van der Waals surface area contributed by atoms with Crippen LogP contribution in [0.3, 0.4) is 0 Å². The van der Waals surface area contributed by atoms with E-state index in [9.17, 15) is 4.39 Å². The van der Waals surface area contributed by atoms with Gasteiger partial charge in [-0.25, -0.2) is 4.39 Å². The molecule has 1 aliphatic rings. The molecular weight excluding hydrogens is 239 g/mol. The molecule has 2 N–H and O–H groups in total. The molecule has 2 nitrogen and oxygen atoms in total. The second kappa shape index (κ2) is 5.33. The zero-order valence-electron chi connectivity index (χ0n) is 12.0. The molecule has 0 saturated carbocycles. The molecule has 19 heavy (non-hydrogen) atoms. The first-order valence-corrected chi connectivity index (χ1v) is 6.85. The first-order chi connectivity index (χ1) is 8.91. The van der Waals surface area contributed by atoms with E-state index in [4.69, 9.17) is 5.73 Å². The molecule has 0 aliphatic carbocycles. The van der Waals surface area contributed by atoms with Crippen molar-refractivity contribution in [3.8, 4) is 0 Å². The molecule has 0 aromatic heterocycles. The van der Waals surface area contributed by atoms with Crippen LogP contribution in [0.2, 0.25) is 0 Å². The van der Waals surface area contributed by atoms with Crippen molar-refractivity contribution in [3.63, 3.8) is 0 Å². The Kier molecular flexibility index (Phi) is 3.95. The van der Waals surface area contributed by atoms with Gasteiger partial charge in [-0.1, -0.05) is 32.4 Å². The van der Waals surface area contributed by atoms with Crippen LogP contribution >= 0.6 is 0 Å². The minimum absolute atomic E-state index is 0.216. The van der Waals surface area contributed by atoms with E-state index in [1.54, 1.807) is 6.07 Å². The van der Waals surface area contributed by atoms with E-state index in [1.807, 2.05) is 6.07 Å². The van der Waals surface area contributed by atoms with Crippen LogP contribution in [0.5, 0.6) is 0 Å². The van der Waals surface area contributed by atoms with Gasteiger partial charge in [-0.15, -0.1) is 0 Å². The van der Waals surface area contributed by atoms with Crippen LogP contribution in [-0.4, -0.2) is 13.1 Å². The Morgan fingerprint density at radius 2 is 2.05 bits per heavy atom. The standard InChI is InChI=1S/C16H23FN2/c1-16(2,3)13-6-8-19(9-7-13)15-5-4-14(17)10-12(15)11-18/h4-6,10H,7-9,11,18H2,1-3H3. The second-order valence-electron chi connectivity index (χ2n) is 6.15. The maximum absolute atomic E-state index is 13.2. The van der Waals surface area contributed by atoms with Crippen LogP contribution in [0.25, 0.3) is 0 Å². The van der Waals surface area contributed by atoms with Crippen molar-refractivity contribution >= 4 is 5.69 Å². The van der Waals surface area contributed by atoms with Gasteiger partial charge in [-0.05, 0) is 35.6 Å². The lowest BCUT2D eigenvalue weighted by atomic mass is 9.83. The highest BCUT2D eigenvalue weighted by atomic mass is 19.1. The van der Waals surface area contributed by atoms with Crippen molar-refractivity contribution in [2.75, 3.05) is 18.0 Å². The summed E-state index contributed by atoms with van der Waals surface area (Å²) in [4.78, 5) is 2.27. The fourth-order valence-corrected chi connectivity index (χ4v) is 2.60. The molecule has 0 amide bonds. The van der Waals surface area contributed by atoms with Gasteiger partial charge < -0.3 is 10.6 Å². The Morgan fingerprint density at radius 3 is 2.58 bits per heavy atom. The molecule has 2 rings (SSSR count). The van der Waals surface area contributed by atoms with Crippen LogP contribution in [0.1, 0.15) is 32.8 Å². The third-order valence-corrected chi connectivity index (χ3v) is 3.77. The van der Waals surface area contributed by atoms with Crippen LogP contribution in [-0.2, 0) is 6.54 Å². The Labute approximate surface area is 115 Å². The molecule has 1 heterocycles. The lowest BCUT2D eigenvalue weighted by Gasteiger charge is -2.34. The molecule has 0 saturated heterocycles. The van der Waals surface area contributed by atoms with E-state index < -0.39 is 0 Å².